The molecule has 1 aromatic rings. The maximum atomic E-state index is 12.2. The maximum absolute atomic E-state index is 12.2. The van der Waals surface area contributed by atoms with Crippen molar-refractivity contribution in [2.75, 3.05) is 13.1 Å². The molecular formula is C13H19F3IN3O. The van der Waals surface area contributed by atoms with Gasteiger partial charge in [0.25, 0.3) is 0 Å². The van der Waals surface area contributed by atoms with Gasteiger partial charge in [0, 0.05) is 13.1 Å². The highest BCUT2D eigenvalue weighted by molar-refractivity contribution is 14.0. The maximum Gasteiger partial charge on any atom is 0.573 e. The third-order valence-corrected chi connectivity index (χ3v) is 2.40. The summed E-state index contributed by atoms with van der Waals surface area (Å²) in [5, 5.41) is 2.85. The fraction of sp³-hybridized carbons (Fsp3) is 0.462. The highest BCUT2D eigenvalue weighted by Gasteiger charge is 2.31. The van der Waals surface area contributed by atoms with Crippen LogP contribution in [0.5, 0.6) is 5.75 Å². The summed E-state index contributed by atoms with van der Waals surface area (Å²) in [5.41, 5.74) is 6.05. The molecule has 0 radical (unpaired) electrons. The lowest BCUT2D eigenvalue weighted by atomic mass is 10.1. The number of halogens is 4. The molecule has 0 unspecified atom stereocenters. The molecule has 0 fully saturated rings. The van der Waals surface area contributed by atoms with Crippen LogP contribution in [0.3, 0.4) is 0 Å². The zero-order valence-corrected chi connectivity index (χ0v) is 13.9. The third kappa shape index (κ3) is 8.64. The van der Waals surface area contributed by atoms with Gasteiger partial charge >= 0.3 is 6.36 Å². The Morgan fingerprint density at radius 2 is 2.00 bits per heavy atom. The van der Waals surface area contributed by atoms with E-state index in [0.29, 0.717) is 31.0 Å². The van der Waals surface area contributed by atoms with E-state index < -0.39 is 6.36 Å². The average molecular weight is 417 g/mol. The van der Waals surface area contributed by atoms with Crippen LogP contribution in [0.15, 0.2) is 29.3 Å². The molecule has 8 heteroatoms. The molecular weight excluding hydrogens is 398 g/mol. The number of nitrogens with one attached hydrogen (secondary N) is 1. The highest BCUT2D eigenvalue weighted by atomic mass is 127. The molecule has 0 amide bonds. The second-order valence-electron chi connectivity index (χ2n) is 4.10. The standard InChI is InChI=1S/C13H18F3N3O.HI/c1-2-8-18-12(17)19-9-7-10-5-3-4-6-11(10)20-13(14,15)16;/h3-6H,2,7-9H2,1H3,(H3,17,18,19);1H. The van der Waals surface area contributed by atoms with Gasteiger partial charge in [0.05, 0.1) is 0 Å². The zero-order chi connectivity index (χ0) is 15.0. The Hall–Kier alpha value is -1.19. The molecule has 0 atom stereocenters. The van der Waals surface area contributed by atoms with E-state index in [-0.39, 0.29) is 29.7 Å². The summed E-state index contributed by atoms with van der Waals surface area (Å²) in [6.07, 6.45) is -3.45. The number of rotatable bonds is 6. The minimum atomic E-state index is -4.69. The summed E-state index contributed by atoms with van der Waals surface area (Å²) in [6.45, 7) is 2.98. The van der Waals surface area contributed by atoms with Crippen LogP contribution >= 0.6 is 24.0 Å². The van der Waals surface area contributed by atoms with Crippen molar-refractivity contribution in [2.24, 2.45) is 10.7 Å². The van der Waals surface area contributed by atoms with Crippen LogP contribution in [-0.2, 0) is 6.42 Å². The van der Waals surface area contributed by atoms with Crippen molar-refractivity contribution in [3.05, 3.63) is 29.8 Å². The van der Waals surface area contributed by atoms with Crippen LogP contribution in [0.2, 0.25) is 0 Å². The first kappa shape index (κ1) is 19.8. The van der Waals surface area contributed by atoms with E-state index in [2.05, 4.69) is 15.0 Å². The van der Waals surface area contributed by atoms with Crippen LogP contribution in [0.1, 0.15) is 18.9 Å². The van der Waals surface area contributed by atoms with Gasteiger partial charge < -0.3 is 15.8 Å². The van der Waals surface area contributed by atoms with Crippen LogP contribution in [0, 0.1) is 0 Å². The largest absolute Gasteiger partial charge is 0.573 e. The van der Waals surface area contributed by atoms with E-state index in [9.17, 15) is 13.2 Å². The molecule has 0 aromatic heterocycles. The number of alkyl halides is 3. The predicted molar refractivity (Wildman–Crippen MR) is 87.0 cm³/mol. The summed E-state index contributed by atoms with van der Waals surface area (Å²) in [7, 11) is 0. The van der Waals surface area contributed by atoms with Crippen molar-refractivity contribution >= 4 is 29.9 Å². The number of nitrogens with zero attached hydrogens (tertiary/aromatic N) is 1. The lowest BCUT2D eigenvalue weighted by Gasteiger charge is -2.13. The minimum Gasteiger partial charge on any atom is -0.406 e. The van der Waals surface area contributed by atoms with E-state index in [1.165, 1.54) is 12.1 Å². The molecule has 120 valence electrons. The van der Waals surface area contributed by atoms with Crippen molar-refractivity contribution in [1.29, 1.82) is 0 Å². The quantitative estimate of drug-likeness (QED) is 0.425. The van der Waals surface area contributed by atoms with Crippen LogP contribution in [0.4, 0.5) is 13.2 Å². The van der Waals surface area contributed by atoms with E-state index in [1.807, 2.05) is 6.92 Å². The second kappa shape index (κ2) is 9.69. The zero-order valence-electron chi connectivity index (χ0n) is 11.6. The van der Waals surface area contributed by atoms with Crippen molar-refractivity contribution in [2.45, 2.75) is 26.1 Å². The topological polar surface area (TPSA) is 59.6 Å². The normalized spacial score (nSPS) is 11.7. The summed E-state index contributed by atoms with van der Waals surface area (Å²) >= 11 is 0. The predicted octanol–water partition coefficient (Wildman–Crippen LogP) is 3.06. The van der Waals surface area contributed by atoms with Gasteiger partial charge in [0.15, 0.2) is 5.96 Å². The Morgan fingerprint density at radius 3 is 2.62 bits per heavy atom. The van der Waals surface area contributed by atoms with Crippen LogP contribution in [-0.4, -0.2) is 25.4 Å². The number of hydrogen-bond donors (Lipinski definition) is 2. The highest BCUT2D eigenvalue weighted by Crippen LogP contribution is 2.26. The molecule has 0 heterocycles. The summed E-state index contributed by atoms with van der Waals surface area (Å²) < 4.78 is 40.7. The first-order valence-electron chi connectivity index (χ1n) is 6.30. The Bertz CT molecular complexity index is 453. The van der Waals surface area contributed by atoms with E-state index in [4.69, 9.17) is 5.73 Å². The smallest absolute Gasteiger partial charge is 0.406 e. The number of nitrogens with two attached hydrogens (primary N) is 1. The van der Waals surface area contributed by atoms with Gasteiger partial charge in [0.2, 0.25) is 0 Å². The van der Waals surface area contributed by atoms with Crippen LogP contribution in [0.25, 0.3) is 0 Å². The van der Waals surface area contributed by atoms with E-state index >= 15 is 0 Å². The van der Waals surface area contributed by atoms with Gasteiger partial charge in [-0.15, -0.1) is 37.1 Å². The second-order valence-corrected chi connectivity index (χ2v) is 4.10. The molecule has 0 aliphatic heterocycles. The van der Waals surface area contributed by atoms with Gasteiger partial charge in [0.1, 0.15) is 5.75 Å². The molecule has 1 rings (SSSR count). The molecule has 0 aliphatic carbocycles. The molecule has 1 aromatic carbocycles. The van der Waals surface area contributed by atoms with E-state index in [1.54, 1.807) is 12.1 Å². The van der Waals surface area contributed by atoms with Gasteiger partial charge in [-0.25, -0.2) is 0 Å². The first-order chi connectivity index (χ1) is 9.42. The Balaban J connectivity index is 0.00000400. The molecule has 0 saturated heterocycles. The monoisotopic (exact) mass is 417 g/mol. The van der Waals surface area contributed by atoms with Crippen molar-refractivity contribution < 1.29 is 17.9 Å². The van der Waals surface area contributed by atoms with Crippen LogP contribution < -0.4 is 15.8 Å². The molecule has 21 heavy (non-hydrogen) atoms. The number of hydrogen-bond acceptors (Lipinski definition) is 2. The van der Waals surface area contributed by atoms with Crippen molar-refractivity contribution in [3.8, 4) is 5.75 Å². The van der Waals surface area contributed by atoms with Gasteiger partial charge in [-0.2, -0.15) is 0 Å². The lowest BCUT2D eigenvalue weighted by Crippen LogP contribution is -2.33. The molecule has 0 saturated carbocycles. The molecule has 0 spiro atoms. The fourth-order valence-corrected chi connectivity index (χ4v) is 1.55. The van der Waals surface area contributed by atoms with Gasteiger partial charge in [-0.05, 0) is 24.5 Å². The van der Waals surface area contributed by atoms with E-state index in [0.717, 1.165) is 6.42 Å². The van der Waals surface area contributed by atoms with Gasteiger partial charge in [-0.3, -0.25) is 4.99 Å². The molecule has 0 bridgehead atoms. The number of aliphatic imine (C=N–C) groups is 1. The van der Waals surface area contributed by atoms with Crippen molar-refractivity contribution in [3.63, 3.8) is 0 Å². The molecule has 3 N–H and O–H groups in total. The van der Waals surface area contributed by atoms with Gasteiger partial charge in [-0.1, -0.05) is 25.1 Å². The Kier molecular flexibility index (Phi) is 9.14. The Labute approximate surface area is 139 Å². The number of benzene rings is 1. The first-order valence-corrected chi connectivity index (χ1v) is 6.30. The molecule has 4 nitrogen and oxygen atoms in total. The van der Waals surface area contributed by atoms with Crippen molar-refractivity contribution in [1.82, 2.24) is 5.32 Å². The third-order valence-electron chi connectivity index (χ3n) is 2.40. The average Bonchev–Trinajstić information content (AvgIpc) is 2.36. The lowest BCUT2D eigenvalue weighted by molar-refractivity contribution is -0.274. The Morgan fingerprint density at radius 1 is 1.33 bits per heavy atom. The number of ether oxygens (including phenoxy) is 1. The fourth-order valence-electron chi connectivity index (χ4n) is 1.55. The summed E-state index contributed by atoms with van der Waals surface area (Å²) in [6, 6.07) is 6.03. The summed E-state index contributed by atoms with van der Waals surface area (Å²) in [4.78, 5) is 4.03. The summed E-state index contributed by atoms with van der Waals surface area (Å²) in [5.74, 6) is 0.104. The minimum absolute atomic E-state index is 0. The number of para-hydroxylation sites is 1. The SMILES string of the molecule is CCCN=C(N)NCCc1ccccc1OC(F)(F)F.I. The molecule has 0 aliphatic rings. The number of guanidine groups is 1.